The van der Waals surface area contributed by atoms with E-state index in [4.69, 9.17) is 21.7 Å². The number of aliphatic hydroxyl groups is 4. The van der Waals surface area contributed by atoms with Crippen molar-refractivity contribution in [3.8, 4) is 0 Å². The first-order chi connectivity index (χ1) is 27.4. The van der Waals surface area contributed by atoms with Gasteiger partial charge in [0.15, 0.2) is 0 Å². The molecule has 0 aliphatic carbocycles. The predicted molar refractivity (Wildman–Crippen MR) is 212 cm³/mol. The number of hydrogen-bond acceptors (Lipinski definition) is 15. The highest BCUT2D eigenvalue weighted by Crippen LogP contribution is 2.12. The summed E-state index contributed by atoms with van der Waals surface area (Å²) in [5.74, 6) is -9.34. The highest BCUT2D eigenvalue weighted by Gasteiger charge is 2.36. The molecular formula is C36H66N10O13. The summed E-state index contributed by atoms with van der Waals surface area (Å²) in [7, 11) is 0. The van der Waals surface area contributed by atoms with Gasteiger partial charge in [-0.15, -0.1) is 0 Å². The Hall–Kier alpha value is -5.10. The predicted octanol–water partition coefficient (Wildman–Crippen LogP) is -5.69. The van der Waals surface area contributed by atoms with E-state index in [9.17, 15) is 53.7 Å². The van der Waals surface area contributed by atoms with Crippen LogP contribution in [-0.2, 0) is 38.4 Å². The third kappa shape index (κ3) is 19.0. The number of nitrogens with two attached hydrogens (primary N) is 2. The number of carbonyl (C=O) groups is 8. The lowest BCUT2D eigenvalue weighted by Gasteiger charge is -2.30. The SMILES string of the molecule is C=C(N)NCCC[C@@H](NC(=O)[C@@H](NC(=O)[C@@H](N)[C@H](O)C(C)C)C(C)C)C(=O)N[C@H](C(=O)N[C@H](C(=O)NCC(=O)N[C@@H](CO)C(=O)N[C@@H](CO)C(=O)O)[C@H](C)O)[C@@H](C)CC. The van der Waals surface area contributed by atoms with E-state index >= 15 is 0 Å². The monoisotopic (exact) mass is 846 g/mol. The van der Waals surface area contributed by atoms with E-state index < -0.39 is 133 Å². The van der Waals surface area contributed by atoms with Crippen LogP contribution >= 0.6 is 0 Å². The summed E-state index contributed by atoms with van der Waals surface area (Å²) < 4.78 is 0. The average molecular weight is 847 g/mol. The van der Waals surface area contributed by atoms with Crippen LogP contribution in [-0.4, -0.2) is 154 Å². The molecule has 7 amide bonds. The Labute approximate surface area is 343 Å². The molecule has 0 aliphatic rings. The van der Waals surface area contributed by atoms with E-state index in [-0.39, 0.29) is 31.1 Å². The number of nitrogens with one attached hydrogen (secondary N) is 8. The average Bonchev–Trinajstić information content (AvgIpc) is 3.17. The zero-order valence-corrected chi connectivity index (χ0v) is 34.7. The van der Waals surface area contributed by atoms with Gasteiger partial charge < -0.3 is 79.5 Å². The standard InChI is InChI=1S/C36H66N10O13/c1-9-18(6)27(35(57)46-28(19(7)49)33(55)40-13-24(50)41-22(14-47)31(53)43-23(15-48)36(58)59)45-30(52)21(11-10-12-39-20(8)37)42-34(56)26(16(2)3)44-32(54)25(38)29(51)17(4)5/h16-19,21-23,25-29,39,47-49,51H,8-15,37-38H2,1-7H3,(H,40,55)(H,41,50)(H,42,56)(H,43,53)(H,44,54)(H,45,52)(H,46,57)(H,58,59)/t18-,19-,21+,22-,23-,25-,26-,27-,28-,29+/m0/s1. The Balaban J connectivity index is 6.10. The zero-order valence-electron chi connectivity index (χ0n) is 34.7. The van der Waals surface area contributed by atoms with E-state index in [1.807, 2.05) is 5.32 Å². The molecule has 0 aromatic heterocycles. The quantitative estimate of drug-likeness (QED) is 0.0326. The molecule has 10 atom stereocenters. The summed E-state index contributed by atoms with van der Waals surface area (Å²) in [6, 6.07) is -10.2. The van der Waals surface area contributed by atoms with Gasteiger partial charge >= 0.3 is 5.97 Å². The second-order valence-electron chi connectivity index (χ2n) is 14.8. The minimum Gasteiger partial charge on any atom is -0.480 e. The molecule has 0 saturated heterocycles. The molecule has 0 saturated carbocycles. The number of aliphatic hydroxyl groups excluding tert-OH is 4. The Morgan fingerprint density at radius 2 is 1.14 bits per heavy atom. The Kier molecular flexibility index (Phi) is 24.5. The van der Waals surface area contributed by atoms with Gasteiger partial charge in [0.1, 0.15) is 42.3 Å². The molecule has 59 heavy (non-hydrogen) atoms. The number of hydrogen-bond donors (Lipinski definition) is 15. The molecule has 0 unspecified atom stereocenters. The molecule has 23 heteroatoms. The van der Waals surface area contributed by atoms with Crippen molar-refractivity contribution >= 4 is 47.3 Å². The van der Waals surface area contributed by atoms with Gasteiger partial charge in [-0.1, -0.05) is 54.5 Å². The van der Waals surface area contributed by atoms with Crippen LogP contribution in [0.5, 0.6) is 0 Å². The van der Waals surface area contributed by atoms with Gasteiger partial charge in [-0.3, -0.25) is 33.6 Å². The van der Waals surface area contributed by atoms with Crippen molar-refractivity contribution < 1.29 is 63.9 Å². The van der Waals surface area contributed by atoms with Crippen LogP contribution in [0.2, 0.25) is 0 Å². The normalized spacial score (nSPS) is 16.3. The third-order valence-corrected chi connectivity index (χ3v) is 9.17. The zero-order chi connectivity index (χ0) is 45.7. The number of carboxylic acid groups (broad SMARTS) is 1. The Morgan fingerprint density at radius 1 is 0.627 bits per heavy atom. The maximum Gasteiger partial charge on any atom is 0.328 e. The van der Waals surface area contributed by atoms with Crippen LogP contribution in [0.15, 0.2) is 12.4 Å². The van der Waals surface area contributed by atoms with E-state index in [0.717, 1.165) is 0 Å². The maximum absolute atomic E-state index is 13.9. The van der Waals surface area contributed by atoms with Gasteiger partial charge in [-0.25, -0.2) is 4.79 Å². The third-order valence-electron chi connectivity index (χ3n) is 9.17. The van der Waals surface area contributed by atoms with Crippen LogP contribution in [0.1, 0.15) is 67.7 Å². The molecule has 0 radical (unpaired) electrons. The van der Waals surface area contributed by atoms with Gasteiger partial charge in [0, 0.05) is 6.54 Å². The van der Waals surface area contributed by atoms with Crippen molar-refractivity contribution in [1.82, 2.24) is 42.5 Å². The minimum atomic E-state index is -1.72. The summed E-state index contributed by atoms with van der Waals surface area (Å²) in [6.07, 6.45) is -2.13. The molecule has 17 N–H and O–H groups in total. The number of amides is 7. The second-order valence-corrected chi connectivity index (χ2v) is 14.8. The second kappa shape index (κ2) is 26.8. The first-order valence-corrected chi connectivity index (χ1v) is 19.3. The first kappa shape index (κ1) is 53.9. The summed E-state index contributed by atoms with van der Waals surface area (Å²) in [6.45, 7) is 12.2. The van der Waals surface area contributed by atoms with Crippen LogP contribution in [0.25, 0.3) is 0 Å². The lowest BCUT2D eigenvalue weighted by Crippen LogP contribution is -2.62. The van der Waals surface area contributed by atoms with Crippen molar-refractivity contribution in [3.05, 3.63) is 12.4 Å². The molecule has 23 nitrogen and oxygen atoms in total. The van der Waals surface area contributed by atoms with Gasteiger partial charge in [0.05, 0.1) is 37.8 Å². The molecular weight excluding hydrogens is 780 g/mol. The lowest BCUT2D eigenvalue weighted by atomic mass is 9.96. The van der Waals surface area contributed by atoms with Crippen LogP contribution < -0.4 is 54.0 Å². The van der Waals surface area contributed by atoms with E-state index in [2.05, 4.69) is 43.8 Å². The number of rotatable bonds is 28. The lowest BCUT2D eigenvalue weighted by molar-refractivity contribution is -0.143. The summed E-state index contributed by atoms with van der Waals surface area (Å²) in [5, 5.41) is 67.5. The first-order valence-electron chi connectivity index (χ1n) is 19.3. The summed E-state index contributed by atoms with van der Waals surface area (Å²) in [4.78, 5) is 103. The van der Waals surface area contributed by atoms with Crippen molar-refractivity contribution in [1.29, 1.82) is 0 Å². The van der Waals surface area contributed by atoms with E-state index in [1.54, 1.807) is 41.5 Å². The maximum atomic E-state index is 13.9. The molecule has 0 fully saturated rings. The molecule has 0 rings (SSSR count). The van der Waals surface area contributed by atoms with E-state index in [1.165, 1.54) is 6.92 Å². The largest absolute Gasteiger partial charge is 0.480 e. The Morgan fingerprint density at radius 3 is 1.61 bits per heavy atom. The van der Waals surface area contributed by atoms with Crippen molar-refractivity contribution in [3.63, 3.8) is 0 Å². The fraction of sp³-hybridized carbons (Fsp3) is 0.722. The summed E-state index contributed by atoms with van der Waals surface area (Å²) >= 11 is 0. The smallest absolute Gasteiger partial charge is 0.328 e. The van der Waals surface area contributed by atoms with Crippen molar-refractivity contribution in [2.24, 2.45) is 29.2 Å². The number of carboxylic acids is 1. The van der Waals surface area contributed by atoms with E-state index in [0.29, 0.717) is 6.42 Å². The van der Waals surface area contributed by atoms with Crippen molar-refractivity contribution in [2.75, 3.05) is 26.3 Å². The topological polar surface area (TPSA) is 386 Å². The fourth-order valence-corrected chi connectivity index (χ4v) is 5.22. The minimum absolute atomic E-state index is 0.0121. The molecule has 0 aromatic carbocycles. The van der Waals surface area contributed by atoms with Crippen LogP contribution in [0, 0.1) is 17.8 Å². The van der Waals surface area contributed by atoms with Crippen molar-refractivity contribution in [2.45, 2.75) is 122 Å². The van der Waals surface area contributed by atoms with Gasteiger partial charge in [-0.05, 0) is 37.5 Å². The molecule has 0 spiro atoms. The molecule has 0 aromatic rings. The van der Waals surface area contributed by atoms with Crippen LogP contribution in [0.4, 0.5) is 0 Å². The molecule has 0 heterocycles. The van der Waals surface area contributed by atoms with Gasteiger partial charge in [0.25, 0.3) is 0 Å². The molecule has 338 valence electrons. The van der Waals surface area contributed by atoms with Gasteiger partial charge in [-0.2, -0.15) is 0 Å². The van der Waals surface area contributed by atoms with Gasteiger partial charge in [0.2, 0.25) is 41.4 Å². The Bertz CT molecular complexity index is 1450. The summed E-state index contributed by atoms with van der Waals surface area (Å²) in [5.41, 5.74) is 11.5. The highest BCUT2D eigenvalue weighted by atomic mass is 16.4. The number of carbonyl (C=O) groups excluding carboxylic acids is 7. The molecule has 0 bridgehead atoms. The number of aliphatic carboxylic acids is 1. The fourth-order valence-electron chi connectivity index (χ4n) is 5.22. The highest BCUT2D eigenvalue weighted by molar-refractivity contribution is 5.97. The van der Waals surface area contributed by atoms with Crippen LogP contribution in [0.3, 0.4) is 0 Å². The molecule has 0 aliphatic heterocycles.